The van der Waals surface area contributed by atoms with Gasteiger partial charge >= 0.3 is 0 Å². The van der Waals surface area contributed by atoms with Gasteiger partial charge in [-0.1, -0.05) is 0 Å². The molecule has 0 aromatic carbocycles. The van der Waals surface area contributed by atoms with Crippen molar-refractivity contribution < 1.29 is 0 Å². The van der Waals surface area contributed by atoms with E-state index in [2.05, 4.69) is 70.7 Å². The van der Waals surface area contributed by atoms with Crippen LogP contribution in [0, 0.1) is 3.57 Å². The number of rotatable bonds is 4. The Hall–Kier alpha value is -0.430. The largest absolute Gasteiger partial charge is 0.348 e. The summed E-state index contributed by atoms with van der Waals surface area (Å²) in [6.45, 7) is 5.20. The van der Waals surface area contributed by atoms with E-state index in [0.717, 1.165) is 10.1 Å². The zero-order valence-corrected chi connectivity index (χ0v) is 11.7. The average molecular weight is 320 g/mol. The molecule has 0 saturated heterocycles. The lowest BCUT2D eigenvalue weighted by atomic mass is 10.1. The molecule has 1 N–H and O–H groups in total. The molecule has 0 atom stereocenters. The molecule has 0 aliphatic carbocycles. The molecule has 5 heteroatoms. The fourth-order valence-electron chi connectivity index (χ4n) is 1.51. The first-order valence-electron chi connectivity index (χ1n) is 4.79. The highest BCUT2D eigenvalue weighted by atomic mass is 127. The second-order valence-corrected chi connectivity index (χ2v) is 5.72. The van der Waals surface area contributed by atoms with Crippen LogP contribution in [-0.4, -0.2) is 41.0 Å². The Bertz CT molecular complexity index is 308. The molecule has 84 valence electrons. The van der Waals surface area contributed by atoms with Crippen molar-refractivity contribution in [1.29, 1.82) is 0 Å². The fraction of sp³-hybridized carbons (Fsp3) is 0.600. The van der Waals surface area contributed by atoms with Crippen LogP contribution in [0.25, 0.3) is 0 Å². The number of nitrogens with zero attached hydrogens (tertiary/aromatic N) is 3. The van der Waals surface area contributed by atoms with Crippen LogP contribution in [0.4, 0.5) is 5.95 Å². The van der Waals surface area contributed by atoms with E-state index in [-0.39, 0.29) is 5.54 Å². The van der Waals surface area contributed by atoms with E-state index in [0.29, 0.717) is 5.95 Å². The van der Waals surface area contributed by atoms with Gasteiger partial charge in [-0.25, -0.2) is 9.97 Å². The minimum absolute atomic E-state index is 0.0315. The van der Waals surface area contributed by atoms with Crippen molar-refractivity contribution in [3.8, 4) is 0 Å². The van der Waals surface area contributed by atoms with Gasteiger partial charge in [-0.15, -0.1) is 0 Å². The van der Waals surface area contributed by atoms with Crippen LogP contribution in [0.3, 0.4) is 0 Å². The van der Waals surface area contributed by atoms with E-state index in [9.17, 15) is 0 Å². The average Bonchev–Trinajstić information content (AvgIpc) is 2.06. The third-order valence-corrected chi connectivity index (χ3v) is 2.34. The molecule has 0 bridgehead atoms. The van der Waals surface area contributed by atoms with Crippen LogP contribution in [0.1, 0.15) is 13.8 Å². The molecular weight excluding hydrogens is 303 g/mol. The number of nitrogens with one attached hydrogen (secondary N) is 1. The van der Waals surface area contributed by atoms with Gasteiger partial charge in [0.05, 0.1) is 0 Å². The van der Waals surface area contributed by atoms with E-state index >= 15 is 0 Å². The summed E-state index contributed by atoms with van der Waals surface area (Å²) in [6, 6.07) is 0. The lowest BCUT2D eigenvalue weighted by Gasteiger charge is -2.29. The highest BCUT2D eigenvalue weighted by Gasteiger charge is 2.19. The number of hydrogen-bond donors (Lipinski definition) is 1. The second kappa shape index (κ2) is 5.07. The molecule has 1 aromatic heterocycles. The van der Waals surface area contributed by atoms with E-state index in [1.54, 1.807) is 0 Å². The Labute approximate surface area is 105 Å². The Kier molecular flexibility index (Phi) is 4.27. The highest BCUT2D eigenvalue weighted by Crippen LogP contribution is 2.11. The number of likely N-dealkylation sites (N-methyl/N-ethyl adjacent to an activating group) is 1. The van der Waals surface area contributed by atoms with Crippen molar-refractivity contribution in [2.24, 2.45) is 0 Å². The molecule has 0 saturated carbocycles. The molecule has 0 fully saturated rings. The summed E-state index contributed by atoms with van der Waals surface area (Å²) in [5.41, 5.74) is -0.0315. The molecule has 1 aromatic rings. The van der Waals surface area contributed by atoms with Crippen molar-refractivity contribution >= 4 is 28.5 Å². The number of anilines is 1. The van der Waals surface area contributed by atoms with Crippen molar-refractivity contribution in [2.75, 3.05) is 26.0 Å². The van der Waals surface area contributed by atoms with Gasteiger partial charge in [0, 0.05) is 28.0 Å². The van der Waals surface area contributed by atoms with Gasteiger partial charge in [0.1, 0.15) is 0 Å². The van der Waals surface area contributed by atoms with Crippen molar-refractivity contribution in [3.05, 3.63) is 16.0 Å². The molecule has 0 unspecified atom stereocenters. The number of hydrogen-bond acceptors (Lipinski definition) is 4. The minimum Gasteiger partial charge on any atom is -0.348 e. The van der Waals surface area contributed by atoms with Crippen LogP contribution in [0.15, 0.2) is 12.4 Å². The molecule has 0 aliphatic rings. The summed E-state index contributed by atoms with van der Waals surface area (Å²) in [5.74, 6) is 0.683. The van der Waals surface area contributed by atoms with Crippen LogP contribution >= 0.6 is 22.6 Å². The van der Waals surface area contributed by atoms with Crippen LogP contribution in [0.2, 0.25) is 0 Å². The Morgan fingerprint density at radius 2 is 1.87 bits per heavy atom. The van der Waals surface area contributed by atoms with Crippen LogP contribution in [0.5, 0.6) is 0 Å². The summed E-state index contributed by atoms with van der Waals surface area (Å²) in [5, 5.41) is 3.31. The Morgan fingerprint density at radius 1 is 1.33 bits per heavy atom. The topological polar surface area (TPSA) is 41.0 Å². The summed E-state index contributed by atoms with van der Waals surface area (Å²) in [4.78, 5) is 10.6. The molecule has 4 nitrogen and oxygen atoms in total. The molecule has 1 rings (SSSR count). The number of halogens is 1. The first-order chi connectivity index (χ1) is 6.89. The summed E-state index contributed by atoms with van der Waals surface area (Å²) < 4.78 is 1.04. The van der Waals surface area contributed by atoms with E-state index in [1.165, 1.54) is 0 Å². The van der Waals surface area contributed by atoms with Gasteiger partial charge in [-0.05, 0) is 50.5 Å². The standard InChI is InChI=1S/C10H17IN4/c1-10(2,7-15(3)4)14-9-12-5-8(11)6-13-9/h5-6H,7H2,1-4H3,(H,12,13,14). The maximum Gasteiger partial charge on any atom is 0.223 e. The zero-order valence-electron chi connectivity index (χ0n) is 9.58. The summed E-state index contributed by atoms with van der Waals surface area (Å²) in [6.07, 6.45) is 3.61. The lowest BCUT2D eigenvalue weighted by Crippen LogP contribution is -2.41. The predicted molar refractivity (Wildman–Crippen MR) is 71.0 cm³/mol. The fourth-order valence-corrected chi connectivity index (χ4v) is 1.79. The van der Waals surface area contributed by atoms with Gasteiger partial charge in [0.2, 0.25) is 5.95 Å². The lowest BCUT2D eigenvalue weighted by molar-refractivity contribution is 0.333. The molecule has 15 heavy (non-hydrogen) atoms. The molecule has 0 spiro atoms. The van der Waals surface area contributed by atoms with Crippen molar-refractivity contribution in [3.63, 3.8) is 0 Å². The smallest absolute Gasteiger partial charge is 0.223 e. The van der Waals surface area contributed by atoms with Gasteiger partial charge in [-0.3, -0.25) is 0 Å². The summed E-state index contributed by atoms with van der Waals surface area (Å²) in [7, 11) is 4.11. The zero-order chi connectivity index (χ0) is 11.5. The van der Waals surface area contributed by atoms with Gasteiger partial charge in [0.25, 0.3) is 0 Å². The van der Waals surface area contributed by atoms with Crippen molar-refractivity contribution in [2.45, 2.75) is 19.4 Å². The number of aromatic nitrogens is 2. The SMILES string of the molecule is CN(C)CC(C)(C)Nc1ncc(I)cn1. The molecular formula is C10H17IN4. The maximum atomic E-state index is 4.22. The third-order valence-electron chi connectivity index (χ3n) is 1.78. The van der Waals surface area contributed by atoms with E-state index in [1.807, 2.05) is 12.4 Å². The maximum absolute atomic E-state index is 4.22. The minimum atomic E-state index is -0.0315. The van der Waals surface area contributed by atoms with Crippen LogP contribution < -0.4 is 5.32 Å². The first-order valence-corrected chi connectivity index (χ1v) is 5.87. The predicted octanol–water partition coefficient (Wildman–Crippen LogP) is 1.83. The highest BCUT2D eigenvalue weighted by molar-refractivity contribution is 14.1. The van der Waals surface area contributed by atoms with Crippen molar-refractivity contribution in [1.82, 2.24) is 14.9 Å². The first kappa shape index (κ1) is 12.6. The monoisotopic (exact) mass is 320 g/mol. The normalized spacial score (nSPS) is 11.9. The van der Waals surface area contributed by atoms with E-state index in [4.69, 9.17) is 0 Å². The quantitative estimate of drug-likeness (QED) is 0.860. The molecule has 0 aliphatic heterocycles. The van der Waals surface area contributed by atoms with Gasteiger partial charge < -0.3 is 10.2 Å². The van der Waals surface area contributed by atoms with Gasteiger partial charge in [0.15, 0.2) is 0 Å². The van der Waals surface area contributed by atoms with Gasteiger partial charge in [-0.2, -0.15) is 0 Å². The third kappa shape index (κ3) is 4.74. The van der Waals surface area contributed by atoms with E-state index < -0.39 is 0 Å². The van der Waals surface area contributed by atoms with Crippen LogP contribution in [-0.2, 0) is 0 Å². The second-order valence-electron chi connectivity index (χ2n) is 4.47. The molecule has 1 heterocycles. The Morgan fingerprint density at radius 3 is 2.33 bits per heavy atom. The molecule has 0 amide bonds. The summed E-state index contributed by atoms with van der Waals surface area (Å²) >= 11 is 2.19. The Balaban J connectivity index is 2.64. The molecule has 0 radical (unpaired) electrons.